The first kappa shape index (κ1) is 25.3. The molecule has 0 fully saturated rings. The average Bonchev–Trinajstić information content (AvgIpc) is 2.82. The number of carbonyl (C=O) groups excluding carboxylic acids is 1. The minimum Gasteiger partial charge on any atom is -0.462 e. The largest absolute Gasteiger partial charge is 0.462 e. The number of hydrogen-bond acceptors (Lipinski definition) is 9. The Labute approximate surface area is 201 Å². The number of pyridine rings is 1. The molecule has 1 aromatic carbocycles. The number of hydrogen-bond donors (Lipinski definition) is 2. The van der Waals surface area contributed by atoms with Gasteiger partial charge in [0.05, 0.1) is 36.4 Å². The molecule has 180 valence electrons. The van der Waals surface area contributed by atoms with Crippen molar-refractivity contribution < 1.29 is 23.4 Å². The van der Waals surface area contributed by atoms with Crippen LogP contribution in [0.4, 0.5) is 21.8 Å². The van der Waals surface area contributed by atoms with E-state index >= 15 is 0 Å². The maximum atomic E-state index is 13.5. The molecule has 2 N–H and O–H groups in total. The van der Waals surface area contributed by atoms with Crippen LogP contribution in [0, 0.1) is 5.82 Å². The van der Waals surface area contributed by atoms with Crippen molar-refractivity contribution >= 4 is 35.0 Å². The molecule has 0 aliphatic rings. The van der Waals surface area contributed by atoms with Gasteiger partial charge < -0.3 is 24.8 Å². The predicted molar refractivity (Wildman–Crippen MR) is 127 cm³/mol. The number of carbonyl (C=O) groups is 1. The van der Waals surface area contributed by atoms with E-state index in [1.807, 2.05) is 0 Å². The number of halogens is 2. The lowest BCUT2D eigenvalue weighted by molar-refractivity contribution is 0.0526. The molecule has 0 bridgehead atoms. The summed E-state index contributed by atoms with van der Waals surface area (Å²) in [4.78, 5) is 25.3. The van der Waals surface area contributed by atoms with Crippen molar-refractivity contribution in [1.29, 1.82) is 0 Å². The van der Waals surface area contributed by atoms with Gasteiger partial charge in [-0.3, -0.25) is 4.98 Å². The normalized spacial score (nSPS) is 10.9. The molecule has 0 saturated heterocycles. The van der Waals surface area contributed by atoms with Crippen molar-refractivity contribution in [2.45, 2.75) is 13.0 Å². The lowest BCUT2D eigenvalue weighted by atomic mass is 10.1. The number of benzene rings is 1. The summed E-state index contributed by atoms with van der Waals surface area (Å²) in [5.74, 6) is -0.304. The first-order chi connectivity index (χ1) is 16.4. The van der Waals surface area contributed by atoms with Gasteiger partial charge >= 0.3 is 5.97 Å². The Morgan fingerprint density at radius 2 is 1.91 bits per heavy atom. The third kappa shape index (κ3) is 6.60. The molecule has 0 spiro atoms. The number of ether oxygens (including phenoxy) is 3. The van der Waals surface area contributed by atoms with Gasteiger partial charge in [-0.25, -0.2) is 14.2 Å². The average molecular weight is 490 g/mol. The Balaban J connectivity index is 1.99. The van der Waals surface area contributed by atoms with Gasteiger partial charge in [-0.05, 0) is 31.2 Å². The molecule has 9 nitrogen and oxygen atoms in total. The minimum atomic E-state index is -0.526. The summed E-state index contributed by atoms with van der Waals surface area (Å²) in [6, 6.07) is 5.64. The van der Waals surface area contributed by atoms with Gasteiger partial charge in [-0.2, -0.15) is 4.98 Å². The molecular weight excluding hydrogens is 465 g/mol. The fourth-order valence-corrected chi connectivity index (χ4v) is 3.29. The standard InChI is InChI=1S/C23H25ClFN5O4/c1-4-34-22(31)15-7-14(9-26-10-15)18-11-27-23(29-16-5-6-20(25)19(24)8-16)30-21(18)28-17(12-32-2)13-33-3/h5-11,17H,4,12-13H2,1-3H3,(H2,27,28,29,30). The molecular formula is C23H25ClFN5O4. The Kier molecular flexibility index (Phi) is 9.08. The molecule has 0 aliphatic carbocycles. The van der Waals surface area contributed by atoms with E-state index in [0.717, 1.165) is 0 Å². The van der Waals surface area contributed by atoms with Crippen LogP contribution in [0.3, 0.4) is 0 Å². The molecule has 0 radical (unpaired) electrons. The van der Waals surface area contributed by atoms with Gasteiger partial charge in [-0.15, -0.1) is 0 Å². The molecule has 0 atom stereocenters. The molecule has 0 unspecified atom stereocenters. The second kappa shape index (κ2) is 12.2. The summed E-state index contributed by atoms with van der Waals surface area (Å²) in [5, 5.41) is 6.28. The van der Waals surface area contributed by atoms with Crippen LogP contribution in [0.1, 0.15) is 17.3 Å². The van der Waals surface area contributed by atoms with Gasteiger partial charge in [-0.1, -0.05) is 11.6 Å². The summed E-state index contributed by atoms with van der Waals surface area (Å²) >= 11 is 5.88. The quantitative estimate of drug-likeness (QED) is 0.380. The van der Waals surface area contributed by atoms with Crippen molar-refractivity contribution in [3.8, 4) is 11.1 Å². The highest BCUT2D eigenvalue weighted by Gasteiger charge is 2.17. The summed E-state index contributed by atoms with van der Waals surface area (Å²) in [7, 11) is 3.17. The molecule has 11 heteroatoms. The highest BCUT2D eigenvalue weighted by Crippen LogP contribution is 2.29. The lowest BCUT2D eigenvalue weighted by Crippen LogP contribution is -2.30. The number of nitrogens with zero attached hydrogens (tertiary/aromatic N) is 3. The van der Waals surface area contributed by atoms with Gasteiger partial charge in [0, 0.05) is 49.6 Å². The number of anilines is 3. The smallest absolute Gasteiger partial charge is 0.339 e. The first-order valence-electron chi connectivity index (χ1n) is 10.4. The van der Waals surface area contributed by atoms with Crippen molar-refractivity contribution in [3.05, 3.63) is 59.3 Å². The van der Waals surface area contributed by atoms with Crippen molar-refractivity contribution in [3.63, 3.8) is 0 Å². The van der Waals surface area contributed by atoms with E-state index in [4.69, 9.17) is 25.8 Å². The molecule has 0 amide bonds. The molecule has 2 heterocycles. The van der Waals surface area contributed by atoms with Gasteiger partial charge in [0.25, 0.3) is 0 Å². The first-order valence-corrected chi connectivity index (χ1v) is 10.8. The fourth-order valence-electron chi connectivity index (χ4n) is 3.11. The Bertz CT molecular complexity index is 1130. The van der Waals surface area contributed by atoms with E-state index in [-0.39, 0.29) is 23.6 Å². The van der Waals surface area contributed by atoms with Crippen molar-refractivity contribution in [1.82, 2.24) is 15.0 Å². The molecule has 0 saturated carbocycles. The number of rotatable bonds is 11. The van der Waals surface area contributed by atoms with Crippen LogP contribution in [-0.2, 0) is 14.2 Å². The van der Waals surface area contributed by atoms with Crippen LogP contribution >= 0.6 is 11.6 Å². The van der Waals surface area contributed by atoms with Crippen LogP contribution in [0.2, 0.25) is 5.02 Å². The summed E-state index contributed by atoms with van der Waals surface area (Å²) < 4.78 is 29.1. The zero-order valence-corrected chi connectivity index (χ0v) is 19.7. The third-order valence-corrected chi connectivity index (χ3v) is 4.89. The van der Waals surface area contributed by atoms with E-state index in [0.29, 0.717) is 41.4 Å². The monoisotopic (exact) mass is 489 g/mol. The number of esters is 1. The Hall–Kier alpha value is -3.34. The minimum absolute atomic E-state index is 0.0259. The maximum Gasteiger partial charge on any atom is 0.339 e. The zero-order valence-electron chi connectivity index (χ0n) is 19.0. The Morgan fingerprint density at radius 3 is 2.59 bits per heavy atom. The Morgan fingerprint density at radius 1 is 1.15 bits per heavy atom. The topological polar surface area (TPSA) is 107 Å². The molecule has 2 aromatic heterocycles. The van der Waals surface area contributed by atoms with Gasteiger partial charge in [0.1, 0.15) is 11.6 Å². The van der Waals surface area contributed by atoms with Crippen LogP contribution in [-0.4, -0.2) is 61.0 Å². The fraction of sp³-hybridized carbons (Fsp3) is 0.304. The molecule has 34 heavy (non-hydrogen) atoms. The van der Waals surface area contributed by atoms with Crippen molar-refractivity contribution in [2.24, 2.45) is 0 Å². The molecule has 3 rings (SSSR count). The second-order valence-electron chi connectivity index (χ2n) is 7.14. The zero-order chi connectivity index (χ0) is 24.5. The van der Waals surface area contributed by atoms with E-state index in [9.17, 15) is 9.18 Å². The maximum absolute atomic E-state index is 13.5. The second-order valence-corrected chi connectivity index (χ2v) is 7.55. The van der Waals surface area contributed by atoms with Gasteiger partial charge in [0.2, 0.25) is 5.95 Å². The SMILES string of the molecule is CCOC(=O)c1cncc(-c2cnc(Nc3ccc(F)c(Cl)c3)nc2NC(COC)COC)c1. The van der Waals surface area contributed by atoms with E-state index < -0.39 is 11.8 Å². The number of aromatic nitrogens is 3. The summed E-state index contributed by atoms with van der Waals surface area (Å²) in [6.45, 7) is 2.70. The third-order valence-electron chi connectivity index (χ3n) is 4.60. The van der Waals surface area contributed by atoms with Crippen LogP contribution in [0.5, 0.6) is 0 Å². The van der Waals surface area contributed by atoms with Crippen LogP contribution in [0.15, 0.2) is 42.9 Å². The van der Waals surface area contributed by atoms with E-state index in [2.05, 4.69) is 25.6 Å². The lowest BCUT2D eigenvalue weighted by Gasteiger charge is -2.20. The highest BCUT2D eigenvalue weighted by molar-refractivity contribution is 6.31. The van der Waals surface area contributed by atoms with Crippen molar-refractivity contribution in [2.75, 3.05) is 44.7 Å². The van der Waals surface area contributed by atoms with Crippen LogP contribution < -0.4 is 10.6 Å². The summed E-state index contributed by atoms with van der Waals surface area (Å²) in [6.07, 6.45) is 4.62. The number of nitrogens with one attached hydrogen (secondary N) is 2. The number of methoxy groups -OCH3 is 2. The van der Waals surface area contributed by atoms with Gasteiger partial charge in [0.15, 0.2) is 0 Å². The predicted octanol–water partition coefficient (Wildman–Crippen LogP) is 4.32. The van der Waals surface area contributed by atoms with Crippen LogP contribution in [0.25, 0.3) is 11.1 Å². The van der Waals surface area contributed by atoms with E-state index in [1.165, 1.54) is 24.4 Å². The van der Waals surface area contributed by atoms with E-state index in [1.54, 1.807) is 39.6 Å². The summed E-state index contributed by atoms with van der Waals surface area (Å²) in [5.41, 5.74) is 2.02. The molecule has 3 aromatic rings. The highest BCUT2D eigenvalue weighted by atomic mass is 35.5. The molecule has 0 aliphatic heterocycles.